The zero-order valence-corrected chi connectivity index (χ0v) is 22.0. The van der Waals surface area contributed by atoms with Crippen LogP contribution in [0.15, 0.2) is 41.3 Å². The summed E-state index contributed by atoms with van der Waals surface area (Å²) < 4.78 is 26.2. The third-order valence-electron chi connectivity index (χ3n) is 5.23. The number of aryl methyl sites for hydroxylation is 1. The second kappa shape index (κ2) is 11.1. The van der Waals surface area contributed by atoms with Crippen molar-refractivity contribution in [1.82, 2.24) is 9.88 Å². The monoisotopic (exact) mass is 527 g/mol. The molecule has 0 atom stereocenters. The van der Waals surface area contributed by atoms with Gasteiger partial charge in [-0.25, -0.2) is 13.4 Å². The van der Waals surface area contributed by atoms with Crippen LogP contribution in [0.5, 0.6) is 0 Å². The van der Waals surface area contributed by atoms with Crippen molar-refractivity contribution >= 4 is 65.6 Å². The van der Waals surface area contributed by atoms with Gasteiger partial charge >= 0.3 is 0 Å². The number of hydrogen-bond acceptors (Lipinski definition) is 6. The molecule has 33 heavy (non-hydrogen) atoms. The highest BCUT2D eigenvalue weighted by molar-refractivity contribution is 7.91. The van der Waals surface area contributed by atoms with Crippen molar-refractivity contribution in [3.05, 3.63) is 52.0 Å². The van der Waals surface area contributed by atoms with E-state index in [1.54, 1.807) is 17.0 Å². The first-order valence-electron chi connectivity index (χ1n) is 10.6. The normalized spacial score (nSPS) is 11.9. The average Bonchev–Trinajstić information content (AvgIpc) is 3.18. The summed E-state index contributed by atoms with van der Waals surface area (Å²) in [7, 11) is 0.480. The van der Waals surface area contributed by atoms with Crippen LogP contribution in [0.3, 0.4) is 0 Å². The molecule has 1 amide bonds. The first-order chi connectivity index (χ1) is 15.6. The van der Waals surface area contributed by atoms with Gasteiger partial charge in [-0.1, -0.05) is 34.5 Å². The summed E-state index contributed by atoms with van der Waals surface area (Å²) in [6.07, 6.45) is 1.12. The second-order valence-electron chi connectivity index (χ2n) is 8.09. The van der Waals surface area contributed by atoms with Crippen molar-refractivity contribution in [2.75, 3.05) is 37.8 Å². The third kappa shape index (κ3) is 6.67. The first-order valence-corrected chi connectivity index (χ1v) is 13.8. The molecule has 0 radical (unpaired) electrons. The number of aromatic nitrogens is 1. The van der Waals surface area contributed by atoms with E-state index in [1.165, 1.54) is 23.5 Å². The molecule has 0 fully saturated rings. The van der Waals surface area contributed by atoms with Crippen LogP contribution >= 0.6 is 34.5 Å². The van der Waals surface area contributed by atoms with E-state index < -0.39 is 9.84 Å². The Labute approximate surface area is 209 Å². The van der Waals surface area contributed by atoms with E-state index in [-0.39, 0.29) is 29.4 Å². The molecular weight excluding hydrogens is 501 g/mol. The van der Waals surface area contributed by atoms with E-state index in [4.69, 9.17) is 28.2 Å². The van der Waals surface area contributed by atoms with Gasteiger partial charge in [-0.15, -0.1) is 0 Å². The van der Waals surface area contributed by atoms with Crippen LogP contribution in [0.25, 0.3) is 10.2 Å². The molecule has 0 unspecified atom stereocenters. The maximum atomic E-state index is 13.2. The Hall–Kier alpha value is -1.71. The van der Waals surface area contributed by atoms with Crippen molar-refractivity contribution in [3.63, 3.8) is 0 Å². The summed E-state index contributed by atoms with van der Waals surface area (Å²) >= 11 is 13.5. The summed E-state index contributed by atoms with van der Waals surface area (Å²) in [6.45, 7) is 3.24. The van der Waals surface area contributed by atoms with Gasteiger partial charge in [0.15, 0.2) is 15.0 Å². The molecule has 2 aromatic carbocycles. The molecule has 178 valence electrons. The van der Waals surface area contributed by atoms with E-state index in [0.717, 1.165) is 28.7 Å². The van der Waals surface area contributed by atoms with Gasteiger partial charge in [-0.3, -0.25) is 9.69 Å². The van der Waals surface area contributed by atoms with Crippen molar-refractivity contribution in [2.45, 2.75) is 31.1 Å². The highest BCUT2D eigenvalue weighted by Crippen LogP contribution is 2.34. The SMILES string of the molecule is Cc1c(Cl)ccc2sc(N(CCCN(C)C)C(=O)CCCS(=O)(=O)c3ccc(Cl)cc3)nc12. The second-order valence-corrected chi connectivity index (χ2v) is 12.1. The molecule has 3 rings (SSSR count). The fourth-order valence-corrected chi connectivity index (χ4v) is 6.04. The van der Waals surface area contributed by atoms with Crippen LogP contribution in [-0.2, 0) is 14.6 Å². The number of rotatable bonds is 10. The minimum Gasteiger partial charge on any atom is -0.309 e. The molecule has 1 heterocycles. The van der Waals surface area contributed by atoms with Crippen LogP contribution < -0.4 is 4.90 Å². The summed E-state index contributed by atoms with van der Waals surface area (Å²) in [5.74, 6) is -0.247. The van der Waals surface area contributed by atoms with E-state index in [2.05, 4.69) is 4.90 Å². The number of hydrogen-bond donors (Lipinski definition) is 0. The first kappa shape index (κ1) is 25.9. The number of nitrogens with zero attached hydrogens (tertiary/aromatic N) is 3. The minimum absolute atomic E-state index is 0.111. The zero-order chi connectivity index (χ0) is 24.2. The Morgan fingerprint density at radius 3 is 2.39 bits per heavy atom. The van der Waals surface area contributed by atoms with Gasteiger partial charge in [0.1, 0.15) is 0 Å². The van der Waals surface area contributed by atoms with E-state index in [1.807, 2.05) is 33.2 Å². The Morgan fingerprint density at radius 1 is 1.03 bits per heavy atom. The number of sulfone groups is 1. The van der Waals surface area contributed by atoms with Gasteiger partial charge in [-0.2, -0.15) is 0 Å². The lowest BCUT2D eigenvalue weighted by atomic mass is 10.2. The minimum atomic E-state index is -3.49. The number of benzene rings is 2. The smallest absolute Gasteiger partial charge is 0.228 e. The number of carbonyl (C=O) groups is 1. The molecule has 0 aliphatic carbocycles. The molecule has 0 N–H and O–H groups in total. The standard InChI is InChI=1S/C23H27Cl2N3O3S2/c1-16-19(25)11-12-20-22(16)26-23(32-20)28(14-5-13-27(2)3)21(29)6-4-15-33(30,31)18-9-7-17(24)8-10-18/h7-12H,4-6,13-15H2,1-3H3. The number of thiazole rings is 1. The van der Waals surface area contributed by atoms with Gasteiger partial charge in [0.25, 0.3) is 0 Å². The van der Waals surface area contributed by atoms with E-state index >= 15 is 0 Å². The Morgan fingerprint density at radius 2 is 1.73 bits per heavy atom. The van der Waals surface area contributed by atoms with Crippen molar-refractivity contribution in [3.8, 4) is 0 Å². The fraction of sp³-hybridized carbons (Fsp3) is 0.391. The topological polar surface area (TPSA) is 70.6 Å². The predicted octanol–water partition coefficient (Wildman–Crippen LogP) is 5.45. The zero-order valence-electron chi connectivity index (χ0n) is 18.8. The van der Waals surface area contributed by atoms with Crippen LogP contribution in [0.4, 0.5) is 5.13 Å². The number of fused-ring (bicyclic) bond motifs is 1. The Balaban J connectivity index is 1.74. The largest absolute Gasteiger partial charge is 0.309 e. The van der Waals surface area contributed by atoms with Gasteiger partial charge in [0.05, 0.1) is 20.9 Å². The average molecular weight is 529 g/mol. The Bertz CT molecular complexity index is 1230. The molecule has 0 spiro atoms. The van der Waals surface area contributed by atoms with Gasteiger partial charge < -0.3 is 4.90 Å². The number of amides is 1. The van der Waals surface area contributed by atoms with Gasteiger partial charge in [0, 0.05) is 23.0 Å². The van der Waals surface area contributed by atoms with Gasteiger partial charge in [0.2, 0.25) is 5.91 Å². The van der Waals surface area contributed by atoms with Crippen LogP contribution in [0, 0.1) is 6.92 Å². The van der Waals surface area contributed by atoms with Crippen LogP contribution in [-0.4, -0.2) is 57.1 Å². The lowest BCUT2D eigenvalue weighted by Gasteiger charge is -2.21. The molecular formula is C23H27Cl2N3O3S2. The molecule has 0 saturated heterocycles. The van der Waals surface area contributed by atoms with Crippen LogP contribution in [0.1, 0.15) is 24.8 Å². The molecule has 0 bridgehead atoms. The molecule has 0 saturated carbocycles. The number of anilines is 1. The summed E-state index contributed by atoms with van der Waals surface area (Å²) in [4.78, 5) is 21.8. The quantitative estimate of drug-likeness (QED) is 0.350. The number of carbonyl (C=O) groups excluding carboxylic acids is 1. The summed E-state index contributed by atoms with van der Waals surface area (Å²) in [5.41, 5.74) is 1.67. The molecule has 3 aromatic rings. The highest BCUT2D eigenvalue weighted by atomic mass is 35.5. The van der Waals surface area contributed by atoms with Gasteiger partial charge in [-0.05, 0) is 82.4 Å². The molecule has 10 heteroatoms. The Kier molecular flexibility index (Phi) is 8.75. The molecule has 0 aliphatic heterocycles. The van der Waals surface area contributed by atoms with Crippen LogP contribution in [0.2, 0.25) is 10.0 Å². The van der Waals surface area contributed by atoms with E-state index in [9.17, 15) is 13.2 Å². The summed E-state index contributed by atoms with van der Waals surface area (Å²) in [5, 5.41) is 1.72. The van der Waals surface area contributed by atoms with Crippen molar-refractivity contribution in [2.24, 2.45) is 0 Å². The third-order valence-corrected chi connectivity index (χ3v) is 8.75. The highest BCUT2D eigenvalue weighted by Gasteiger charge is 2.22. The van der Waals surface area contributed by atoms with Crippen molar-refractivity contribution in [1.29, 1.82) is 0 Å². The lowest BCUT2D eigenvalue weighted by molar-refractivity contribution is -0.118. The lowest BCUT2D eigenvalue weighted by Crippen LogP contribution is -2.33. The summed E-state index contributed by atoms with van der Waals surface area (Å²) in [6, 6.07) is 9.82. The molecule has 1 aromatic heterocycles. The number of halogens is 2. The predicted molar refractivity (Wildman–Crippen MR) is 138 cm³/mol. The maximum Gasteiger partial charge on any atom is 0.228 e. The fourth-order valence-electron chi connectivity index (χ4n) is 3.38. The van der Waals surface area contributed by atoms with Crippen molar-refractivity contribution < 1.29 is 13.2 Å². The maximum absolute atomic E-state index is 13.2. The van der Waals surface area contributed by atoms with E-state index in [0.29, 0.717) is 21.7 Å². The molecule has 0 aliphatic rings. The molecule has 6 nitrogen and oxygen atoms in total.